The third-order valence-electron chi connectivity index (χ3n) is 5.06. The van der Waals surface area contributed by atoms with Crippen LogP contribution in [0.3, 0.4) is 0 Å². The van der Waals surface area contributed by atoms with Crippen LogP contribution in [0.1, 0.15) is 44.5 Å². The maximum Gasteiger partial charge on any atom is 0.293 e. The van der Waals surface area contributed by atoms with Gasteiger partial charge in [-0.15, -0.1) is 0 Å². The predicted octanol–water partition coefficient (Wildman–Crippen LogP) is 0.855. The molecule has 1 aliphatic rings. The largest absolute Gasteiger partial charge is 0.372 e. The fourth-order valence-corrected chi connectivity index (χ4v) is 3.95. The molecule has 144 valence electrons. The van der Waals surface area contributed by atoms with E-state index in [4.69, 9.17) is 0 Å². The fraction of sp³-hybridized carbons (Fsp3) is 0.600. The van der Waals surface area contributed by atoms with Gasteiger partial charge < -0.3 is 9.80 Å². The summed E-state index contributed by atoms with van der Waals surface area (Å²) < 4.78 is 0. The number of likely N-dealkylation sites (tertiary alicyclic amines) is 1. The van der Waals surface area contributed by atoms with Gasteiger partial charge in [0.1, 0.15) is 0 Å². The third kappa shape index (κ3) is 5.73. The Morgan fingerprint density at radius 1 is 1.04 bits per heavy atom. The minimum Gasteiger partial charge on any atom is -0.372 e. The van der Waals surface area contributed by atoms with Crippen LogP contribution >= 0.6 is 0 Å². The highest BCUT2D eigenvalue weighted by atomic mass is 16.2. The number of hydrogen-bond donors (Lipinski definition) is 3. The van der Waals surface area contributed by atoms with Gasteiger partial charge in [0.15, 0.2) is 6.54 Å². The molecule has 2 rings (SSSR count). The number of benzene rings is 1. The number of hydrogen-bond acceptors (Lipinski definition) is 3. The summed E-state index contributed by atoms with van der Waals surface area (Å²) in [6.45, 7) is 12.9. The molecule has 0 aromatic heterocycles. The summed E-state index contributed by atoms with van der Waals surface area (Å²) in [5.41, 5.74) is 6.70. The molecular formula is C20H33N4O2+. The normalized spacial score (nSPS) is 22.5. The zero-order valence-corrected chi connectivity index (χ0v) is 16.5. The molecule has 3 atom stereocenters. The molecule has 2 amide bonds. The topological polar surface area (TPSA) is 65.9 Å². The van der Waals surface area contributed by atoms with Crippen LogP contribution in [-0.2, 0) is 4.79 Å². The van der Waals surface area contributed by atoms with Crippen molar-refractivity contribution < 1.29 is 14.5 Å². The van der Waals surface area contributed by atoms with Gasteiger partial charge in [-0.1, -0.05) is 13.8 Å². The highest BCUT2D eigenvalue weighted by molar-refractivity contribution is 5.95. The molecule has 0 saturated carbocycles. The number of nitrogens with one attached hydrogen (secondary N) is 3. The molecule has 0 spiro atoms. The minimum absolute atomic E-state index is 0.144. The summed E-state index contributed by atoms with van der Waals surface area (Å²) in [5, 5.41) is 0. The van der Waals surface area contributed by atoms with Crippen molar-refractivity contribution in [2.24, 2.45) is 11.8 Å². The van der Waals surface area contributed by atoms with Crippen molar-refractivity contribution in [3.8, 4) is 0 Å². The molecular weight excluding hydrogens is 328 g/mol. The van der Waals surface area contributed by atoms with E-state index >= 15 is 0 Å². The molecule has 3 N–H and O–H groups in total. The van der Waals surface area contributed by atoms with Crippen molar-refractivity contribution in [1.82, 2.24) is 10.9 Å². The first-order valence-corrected chi connectivity index (χ1v) is 9.70. The first kappa shape index (κ1) is 20.2. The molecule has 1 saturated heterocycles. The van der Waals surface area contributed by atoms with E-state index in [0.717, 1.165) is 31.9 Å². The quantitative estimate of drug-likeness (QED) is 0.659. The second-order valence-electron chi connectivity index (χ2n) is 7.50. The van der Waals surface area contributed by atoms with Gasteiger partial charge in [-0.3, -0.25) is 20.4 Å². The van der Waals surface area contributed by atoms with Gasteiger partial charge in [0.25, 0.3) is 11.8 Å². The summed E-state index contributed by atoms with van der Waals surface area (Å²) in [4.78, 5) is 27.8. The highest BCUT2D eigenvalue weighted by Gasteiger charge is 2.26. The SMILES string of the molecule is CCN(CC)c1ccc(C(=O)NNC(=O)C[NH+]2C[C@H](C)C[C@H](C)C2)cc1. The lowest BCUT2D eigenvalue weighted by Crippen LogP contribution is -3.15. The Bertz CT molecular complexity index is 588. The Morgan fingerprint density at radius 2 is 1.62 bits per heavy atom. The molecule has 0 aliphatic carbocycles. The fourth-order valence-electron chi connectivity index (χ4n) is 3.95. The van der Waals surface area contributed by atoms with Crippen LogP contribution in [0.15, 0.2) is 24.3 Å². The third-order valence-corrected chi connectivity index (χ3v) is 5.06. The monoisotopic (exact) mass is 361 g/mol. The van der Waals surface area contributed by atoms with E-state index in [2.05, 4.69) is 43.4 Å². The first-order valence-electron chi connectivity index (χ1n) is 9.70. The van der Waals surface area contributed by atoms with Crippen LogP contribution in [0.4, 0.5) is 5.69 Å². The lowest BCUT2D eigenvalue weighted by molar-refractivity contribution is -0.904. The number of rotatable bonds is 6. The van der Waals surface area contributed by atoms with Crippen LogP contribution in [0.2, 0.25) is 0 Å². The Balaban J connectivity index is 1.81. The molecule has 1 aromatic rings. The Kier molecular flexibility index (Phi) is 7.45. The molecule has 0 radical (unpaired) electrons. The van der Waals surface area contributed by atoms with E-state index in [-0.39, 0.29) is 11.8 Å². The molecule has 1 aliphatic heterocycles. The maximum absolute atomic E-state index is 12.2. The van der Waals surface area contributed by atoms with Crippen molar-refractivity contribution >= 4 is 17.5 Å². The van der Waals surface area contributed by atoms with E-state index in [1.54, 1.807) is 12.1 Å². The van der Waals surface area contributed by atoms with E-state index < -0.39 is 0 Å². The van der Waals surface area contributed by atoms with Crippen LogP contribution < -0.4 is 20.7 Å². The Labute approximate surface area is 156 Å². The second kappa shape index (κ2) is 9.57. The maximum atomic E-state index is 12.2. The summed E-state index contributed by atoms with van der Waals surface area (Å²) in [6.07, 6.45) is 1.23. The lowest BCUT2D eigenvalue weighted by atomic mass is 9.92. The summed E-state index contributed by atoms with van der Waals surface area (Å²) in [7, 11) is 0. The number of piperidine rings is 1. The van der Waals surface area contributed by atoms with E-state index in [9.17, 15) is 9.59 Å². The summed E-state index contributed by atoms with van der Waals surface area (Å²) in [5.74, 6) is 0.843. The Morgan fingerprint density at radius 3 is 2.15 bits per heavy atom. The van der Waals surface area contributed by atoms with E-state index in [0.29, 0.717) is 23.9 Å². The molecule has 6 heteroatoms. The Hall–Kier alpha value is -2.08. The van der Waals surface area contributed by atoms with Gasteiger partial charge in [0, 0.05) is 36.2 Å². The number of carbonyl (C=O) groups excluding carboxylic acids is 2. The van der Waals surface area contributed by atoms with Crippen LogP contribution in [0.5, 0.6) is 0 Å². The lowest BCUT2D eigenvalue weighted by Gasteiger charge is -2.31. The van der Waals surface area contributed by atoms with Crippen molar-refractivity contribution in [2.45, 2.75) is 34.1 Å². The smallest absolute Gasteiger partial charge is 0.293 e. The number of hydrazine groups is 1. The standard InChI is InChI=1S/C20H32N4O2/c1-5-24(6-2)18-9-7-17(8-10-18)20(26)22-21-19(25)14-23-12-15(3)11-16(4)13-23/h7-10,15-16H,5-6,11-14H2,1-4H3,(H,21,25)(H,22,26)/p+1/t15-,16+. The van der Waals surface area contributed by atoms with Crippen LogP contribution in [0.25, 0.3) is 0 Å². The van der Waals surface area contributed by atoms with Gasteiger partial charge in [0.2, 0.25) is 0 Å². The summed E-state index contributed by atoms with van der Waals surface area (Å²) in [6, 6.07) is 7.44. The molecule has 0 bridgehead atoms. The van der Waals surface area contributed by atoms with Crippen molar-refractivity contribution in [1.29, 1.82) is 0 Å². The second-order valence-corrected chi connectivity index (χ2v) is 7.50. The number of amides is 2. The molecule has 26 heavy (non-hydrogen) atoms. The predicted molar refractivity (Wildman–Crippen MR) is 104 cm³/mol. The van der Waals surface area contributed by atoms with Crippen LogP contribution in [0, 0.1) is 11.8 Å². The van der Waals surface area contributed by atoms with E-state index in [1.807, 2.05) is 12.1 Å². The van der Waals surface area contributed by atoms with Gasteiger partial charge in [-0.05, 0) is 44.5 Å². The number of quaternary nitrogens is 1. The molecule has 1 heterocycles. The number of anilines is 1. The average molecular weight is 362 g/mol. The average Bonchev–Trinajstić information content (AvgIpc) is 2.60. The van der Waals surface area contributed by atoms with Gasteiger partial charge >= 0.3 is 0 Å². The highest BCUT2D eigenvalue weighted by Crippen LogP contribution is 2.14. The molecule has 1 unspecified atom stereocenters. The number of carbonyl (C=O) groups is 2. The van der Waals surface area contributed by atoms with Crippen molar-refractivity contribution in [3.05, 3.63) is 29.8 Å². The van der Waals surface area contributed by atoms with Gasteiger partial charge in [0.05, 0.1) is 13.1 Å². The number of nitrogens with zero attached hydrogens (tertiary/aromatic N) is 1. The molecule has 6 nitrogen and oxygen atoms in total. The minimum atomic E-state index is -0.292. The van der Waals surface area contributed by atoms with Crippen LogP contribution in [-0.4, -0.2) is 44.5 Å². The van der Waals surface area contributed by atoms with Crippen molar-refractivity contribution in [3.63, 3.8) is 0 Å². The van der Waals surface area contributed by atoms with Crippen molar-refractivity contribution in [2.75, 3.05) is 37.6 Å². The van der Waals surface area contributed by atoms with Gasteiger partial charge in [-0.25, -0.2) is 0 Å². The first-order chi connectivity index (χ1) is 12.4. The van der Waals surface area contributed by atoms with E-state index in [1.165, 1.54) is 11.3 Å². The van der Waals surface area contributed by atoms with Gasteiger partial charge in [-0.2, -0.15) is 0 Å². The zero-order valence-electron chi connectivity index (χ0n) is 16.5. The molecule has 1 fully saturated rings. The summed E-state index contributed by atoms with van der Waals surface area (Å²) >= 11 is 0. The zero-order chi connectivity index (χ0) is 19.1. The molecule has 1 aromatic carbocycles.